The number of amides is 1. The molecule has 0 saturated carbocycles. The summed E-state index contributed by atoms with van der Waals surface area (Å²) in [6.45, 7) is 13.8. The number of hydrogen-bond donors (Lipinski definition) is 1. The van der Waals surface area contributed by atoms with Crippen molar-refractivity contribution in [2.45, 2.75) is 64.7 Å². The van der Waals surface area contributed by atoms with Crippen LogP contribution in [0.3, 0.4) is 0 Å². The summed E-state index contributed by atoms with van der Waals surface area (Å²) in [5, 5.41) is 3.09. The molecule has 0 aromatic heterocycles. The summed E-state index contributed by atoms with van der Waals surface area (Å²) >= 11 is 1.81. The molecule has 0 radical (unpaired) electrons. The Morgan fingerprint density at radius 2 is 1.46 bits per heavy atom. The van der Waals surface area contributed by atoms with Gasteiger partial charge in [-0.15, -0.1) is 0 Å². The first-order valence-corrected chi connectivity index (χ1v) is 14.2. The lowest BCUT2D eigenvalue weighted by molar-refractivity contribution is -0.124. The first-order chi connectivity index (χ1) is 17.0. The first kappa shape index (κ1) is 31.2. The van der Waals surface area contributed by atoms with E-state index in [1.165, 1.54) is 24.2 Å². The third-order valence-corrected chi connectivity index (χ3v) is 6.97. The molecule has 1 N–H and O–H groups in total. The molecule has 35 heavy (non-hydrogen) atoms. The van der Waals surface area contributed by atoms with E-state index in [4.69, 9.17) is 0 Å². The van der Waals surface area contributed by atoms with Crippen molar-refractivity contribution < 1.29 is 4.79 Å². The molecule has 2 atom stereocenters. The lowest BCUT2D eigenvalue weighted by Gasteiger charge is -2.25. The van der Waals surface area contributed by atoms with Crippen molar-refractivity contribution >= 4 is 17.9 Å². The molecule has 0 spiro atoms. The molecular weight excluding hydrogens is 450 g/mol. The van der Waals surface area contributed by atoms with Crippen LogP contribution in [0.4, 0.5) is 0 Å². The molecule has 4 nitrogen and oxygen atoms in total. The summed E-state index contributed by atoms with van der Waals surface area (Å²) < 4.78 is 2.33. The van der Waals surface area contributed by atoms with E-state index in [0.29, 0.717) is 5.92 Å². The minimum Gasteiger partial charge on any atom is -0.356 e. The average Bonchev–Trinajstić information content (AvgIpc) is 2.88. The van der Waals surface area contributed by atoms with Gasteiger partial charge in [-0.05, 0) is 75.9 Å². The molecule has 0 saturated heterocycles. The Morgan fingerprint density at radius 3 is 2.03 bits per heavy atom. The number of nitrogens with one attached hydrogen (secondary N) is 1. The topological polar surface area (TPSA) is 35.6 Å². The smallest absolute Gasteiger partial charge is 0.222 e. The maximum Gasteiger partial charge on any atom is 0.222 e. The Morgan fingerprint density at radius 1 is 0.886 bits per heavy atom. The molecule has 1 amide bonds. The molecular formula is C30H49N3OS. The van der Waals surface area contributed by atoms with Crippen molar-refractivity contribution in [3.63, 3.8) is 0 Å². The predicted octanol–water partition coefficient (Wildman–Crippen LogP) is 6.99. The molecule has 2 rings (SSSR count). The van der Waals surface area contributed by atoms with Crippen LogP contribution in [-0.2, 0) is 4.79 Å². The van der Waals surface area contributed by atoms with Gasteiger partial charge in [-0.3, -0.25) is 4.79 Å². The van der Waals surface area contributed by atoms with Crippen molar-refractivity contribution in [2.75, 3.05) is 39.8 Å². The maximum absolute atomic E-state index is 12.2. The van der Waals surface area contributed by atoms with E-state index in [9.17, 15) is 4.79 Å². The van der Waals surface area contributed by atoms with Crippen LogP contribution in [0.1, 0.15) is 59.8 Å². The van der Waals surface area contributed by atoms with Gasteiger partial charge in [0.15, 0.2) is 0 Å². The molecule has 0 aliphatic rings. The van der Waals surface area contributed by atoms with E-state index in [-0.39, 0.29) is 11.8 Å². The third kappa shape index (κ3) is 16.5. The van der Waals surface area contributed by atoms with Gasteiger partial charge in [0.2, 0.25) is 5.91 Å². The molecule has 196 valence electrons. The molecule has 0 heterocycles. The number of hydrogen-bond acceptors (Lipinski definition) is 4. The fraction of sp³-hybridized carbons (Fsp3) is 0.567. The van der Waals surface area contributed by atoms with Crippen LogP contribution in [0.25, 0.3) is 0 Å². The second-order valence-corrected chi connectivity index (χ2v) is 10.7. The zero-order valence-corrected chi connectivity index (χ0v) is 23.6. The van der Waals surface area contributed by atoms with Crippen LogP contribution < -0.4 is 5.32 Å². The SMILES string of the molecule is CCCCCNC(=O)C(C)CCN(CC)CCC(C)CN(C)Sc1ccccc1.c1ccccc1. The van der Waals surface area contributed by atoms with Crippen LogP contribution >= 0.6 is 11.9 Å². The summed E-state index contributed by atoms with van der Waals surface area (Å²) in [7, 11) is 2.17. The van der Waals surface area contributed by atoms with E-state index < -0.39 is 0 Å². The van der Waals surface area contributed by atoms with Gasteiger partial charge in [0.1, 0.15) is 0 Å². The largest absolute Gasteiger partial charge is 0.356 e. The van der Waals surface area contributed by atoms with Gasteiger partial charge in [-0.25, -0.2) is 4.31 Å². The summed E-state index contributed by atoms with van der Waals surface area (Å²) in [6.07, 6.45) is 5.59. The lowest BCUT2D eigenvalue weighted by Crippen LogP contribution is -2.34. The van der Waals surface area contributed by atoms with Crippen LogP contribution in [-0.4, -0.2) is 54.9 Å². The van der Waals surface area contributed by atoms with Crippen LogP contribution in [0.5, 0.6) is 0 Å². The van der Waals surface area contributed by atoms with Gasteiger partial charge in [0.25, 0.3) is 0 Å². The standard InChI is InChI=1S/C24H43N3OS.C6H6/c1-6-8-12-17-25-24(28)22(4)16-19-27(7-2)18-15-21(3)20-26(5)29-23-13-10-9-11-14-23;1-2-4-6-5-3-1/h9-11,13-14,21-22H,6-8,12,15-20H2,1-5H3,(H,25,28);1-6H. The summed E-state index contributed by atoms with van der Waals surface area (Å²) in [4.78, 5) is 16.0. The van der Waals surface area contributed by atoms with E-state index >= 15 is 0 Å². The van der Waals surface area contributed by atoms with Crippen molar-refractivity contribution in [3.05, 3.63) is 66.7 Å². The molecule has 2 unspecified atom stereocenters. The molecule has 0 aliphatic heterocycles. The van der Waals surface area contributed by atoms with Gasteiger partial charge < -0.3 is 10.2 Å². The predicted molar refractivity (Wildman–Crippen MR) is 154 cm³/mol. The van der Waals surface area contributed by atoms with Crippen LogP contribution in [0, 0.1) is 11.8 Å². The number of carbonyl (C=O) groups is 1. The second-order valence-electron chi connectivity index (χ2n) is 9.39. The van der Waals surface area contributed by atoms with Gasteiger partial charge >= 0.3 is 0 Å². The minimum atomic E-state index is 0.0940. The van der Waals surface area contributed by atoms with E-state index in [1.54, 1.807) is 0 Å². The van der Waals surface area contributed by atoms with Crippen LogP contribution in [0.2, 0.25) is 0 Å². The van der Waals surface area contributed by atoms with Crippen molar-refractivity contribution in [3.8, 4) is 0 Å². The maximum atomic E-state index is 12.2. The Bertz CT molecular complexity index is 717. The van der Waals surface area contributed by atoms with E-state index in [1.807, 2.05) is 48.3 Å². The highest BCUT2D eigenvalue weighted by Gasteiger charge is 2.15. The fourth-order valence-corrected chi connectivity index (χ4v) is 4.68. The Labute approximate surface area is 220 Å². The minimum absolute atomic E-state index is 0.0940. The first-order valence-electron chi connectivity index (χ1n) is 13.4. The lowest BCUT2D eigenvalue weighted by atomic mass is 10.1. The van der Waals surface area contributed by atoms with Gasteiger partial charge in [-0.2, -0.15) is 0 Å². The molecule has 0 aliphatic carbocycles. The van der Waals surface area contributed by atoms with Gasteiger partial charge in [0, 0.05) is 23.9 Å². The monoisotopic (exact) mass is 499 g/mol. The summed E-state index contributed by atoms with van der Waals surface area (Å²) in [6, 6.07) is 22.6. The fourth-order valence-electron chi connectivity index (χ4n) is 3.71. The highest BCUT2D eigenvalue weighted by Crippen LogP contribution is 2.22. The number of carbonyl (C=O) groups excluding carboxylic acids is 1. The Kier molecular flexibility index (Phi) is 18.2. The van der Waals surface area contributed by atoms with Crippen molar-refractivity contribution in [2.24, 2.45) is 11.8 Å². The normalized spacial score (nSPS) is 12.7. The Balaban J connectivity index is 0.000000882. The number of benzene rings is 2. The third-order valence-electron chi connectivity index (χ3n) is 6.03. The molecule has 2 aromatic rings. The number of rotatable bonds is 16. The zero-order valence-electron chi connectivity index (χ0n) is 22.8. The average molecular weight is 500 g/mol. The van der Waals surface area contributed by atoms with Crippen molar-refractivity contribution in [1.29, 1.82) is 0 Å². The zero-order chi connectivity index (χ0) is 25.7. The highest BCUT2D eigenvalue weighted by atomic mass is 32.2. The van der Waals surface area contributed by atoms with Crippen LogP contribution in [0.15, 0.2) is 71.6 Å². The molecule has 0 fully saturated rings. The molecule has 5 heteroatoms. The summed E-state index contributed by atoms with van der Waals surface area (Å²) in [5.41, 5.74) is 0. The van der Waals surface area contributed by atoms with Crippen molar-refractivity contribution in [1.82, 2.24) is 14.5 Å². The van der Waals surface area contributed by atoms with Gasteiger partial charge in [0.05, 0.1) is 0 Å². The summed E-state index contributed by atoms with van der Waals surface area (Å²) in [5.74, 6) is 0.950. The number of nitrogens with zero attached hydrogens (tertiary/aromatic N) is 2. The Hall–Kier alpha value is -1.82. The highest BCUT2D eigenvalue weighted by molar-refractivity contribution is 7.97. The quantitative estimate of drug-likeness (QED) is 0.199. The molecule has 0 bridgehead atoms. The van der Waals surface area contributed by atoms with E-state index in [2.05, 4.69) is 79.6 Å². The second kappa shape index (κ2) is 20.4. The number of unbranched alkanes of at least 4 members (excludes halogenated alkanes) is 2. The van der Waals surface area contributed by atoms with Gasteiger partial charge in [-0.1, -0.05) is 95.1 Å². The van der Waals surface area contributed by atoms with E-state index in [0.717, 1.165) is 45.6 Å². The molecule has 2 aromatic carbocycles.